The first-order valence-corrected chi connectivity index (χ1v) is 6.34. The van der Waals surface area contributed by atoms with Crippen LogP contribution in [-0.2, 0) is 4.79 Å². The molecule has 2 aromatic rings. The van der Waals surface area contributed by atoms with Gasteiger partial charge in [-0.15, -0.1) is 0 Å². The molecule has 1 amide bonds. The van der Waals surface area contributed by atoms with E-state index in [1.54, 1.807) is 36.6 Å². The fraction of sp³-hybridized carbons (Fsp3) is 0.133. The third kappa shape index (κ3) is 3.42. The van der Waals surface area contributed by atoms with E-state index in [0.29, 0.717) is 22.2 Å². The molecule has 0 spiro atoms. The Morgan fingerprint density at radius 2 is 2.25 bits per heavy atom. The molecule has 5 heteroatoms. The Bertz CT molecular complexity index is 633. The highest BCUT2D eigenvalue weighted by atomic mass is 35.5. The van der Waals surface area contributed by atoms with Gasteiger partial charge >= 0.3 is 0 Å². The summed E-state index contributed by atoms with van der Waals surface area (Å²) in [5.41, 5.74) is 1.43. The van der Waals surface area contributed by atoms with Gasteiger partial charge in [-0.2, -0.15) is 0 Å². The summed E-state index contributed by atoms with van der Waals surface area (Å²) in [4.78, 5) is 11.8. The van der Waals surface area contributed by atoms with Crippen LogP contribution in [0.4, 0.5) is 5.69 Å². The van der Waals surface area contributed by atoms with E-state index in [4.69, 9.17) is 20.8 Å². The Labute approximate surface area is 122 Å². The first-order chi connectivity index (χ1) is 9.60. The van der Waals surface area contributed by atoms with Crippen molar-refractivity contribution in [3.63, 3.8) is 0 Å². The second-order valence-electron chi connectivity index (χ2n) is 4.14. The highest BCUT2D eigenvalue weighted by Crippen LogP contribution is 2.30. The molecule has 2 rings (SSSR count). The monoisotopic (exact) mass is 291 g/mol. The van der Waals surface area contributed by atoms with E-state index in [1.165, 1.54) is 13.2 Å². The van der Waals surface area contributed by atoms with Gasteiger partial charge in [-0.3, -0.25) is 4.79 Å². The summed E-state index contributed by atoms with van der Waals surface area (Å²) in [6, 6.07) is 6.95. The van der Waals surface area contributed by atoms with Gasteiger partial charge in [-0.05, 0) is 36.8 Å². The normalized spacial score (nSPS) is 10.8. The van der Waals surface area contributed by atoms with E-state index < -0.39 is 0 Å². The number of benzene rings is 1. The third-order valence-electron chi connectivity index (χ3n) is 2.68. The number of methoxy groups -OCH3 is 1. The Morgan fingerprint density at radius 3 is 2.90 bits per heavy atom. The Kier molecular flexibility index (Phi) is 4.48. The average Bonchev–Trinajstić information content (AvgIpc) is 2.93. The molecule has 0 radical (unpaired) electrons. The van der Waals surface area contributed by atoms with E-state index in [9.17, 15) is 4.79 Å². The van der Waals surface area contributed by atoms with Gasteiger partial charge in [-0.1, -0.05) is 11.6 Å². The zero-order valence-electron chi connectivity index (χ0n) is 11.1. The average molecular weight is 292 g/mol. The van der Waals surface area contributed by atoms with Crippen molar-refractivity contribution in [1.29, 1.82) is 0 Å². The summed E-state index contributed by atoms with van der Waals surface area (Å²) in [5, 5.41) is 3.33. The number of nitrogens with one attached hydrogen (secondary N) is 1. The molecule has 1 heterocycles. The van der Waals surface area contributed by atoms with Crippen molar-refractivity contribution in [3.05, 3.63) is 53.0 Å². The number of anilines is 1. The predicted molar refractivity (Wildman–Crippen MR) is 79.1 cm³/mol. The molecule has 0 aliphatic heterocycles. The van der Waals surface area contributed by atoms with Crippen LogP contribution in [0, 0.1) is 6.92 Å². The second-order valence-corrected chi connectivity index (χ2v) is 4.55. The molecule has 20 heavy (non-hydrogen) atoms. The largest absolute Gasteiger partial charge is 0.495 e. The van der Waals surface area contributed by atoms with Crippen LogP contribution in [0.15, 0.2) is 41.0 Å². The highest BCUT2D eigenvalue weighted by molar-refractivity contribution is 6.31. The minimum Gasteiger partial charge on any atom is -0.495 e. The van der Waals surface area contributed by atoms with Gasteiger partial charge in [0.25, 0.3) is 0 Å². The summed E-state index contributed by atoms with van der Waals surface area (Å²) in [6.07, 6.45) is 4.52. The van der Waals surface area contributed by atoms with Gasteiger partial charge in [0.15, 0.2) is 0 Å². The smallest absolute Gasteiger partial charge is 0.248 e. The van der Waals surface area contributed by atoms with Gasteiger partial charge in [0.05, 0.1) is 19.1 Å². The number of rotatable bonds is 4. The molecule has 1 N–H and O–H groups in total. The number of amides is 1. The zero-order valence-corrected chi connectivity index (χ0v) is 11.9. The number of hydrogen-bond donors (Lipinski definition) is 1. The fourth-order valence-corrected chi connectivity index (χ4v) is 1.80. The van der Waals surface area contributed by atoms with Crippen LogP contribution < -0.4 is 10.1 Å². The number of ether oxygens (including phenoxy) is 1. The quantitative estimate of drug-likeness (QED) is 0.869. The molecule has 1 aromatic carbocycles. The lowest BCUT2D eigenvalue weighted by Crippen LogP contribution is -2.09. The standard InChI is InChI=1S/C15H14ClNO3/c1-10-8-13(14(19-2)9-12(10)16)17-15(18)6-5-11-4-3-7-20-11/h3-9H,1-2H3,(H,17,18)/b6-5+. The molecular formula is C15H14ClNO3. The van der Waals surface area contributed by atoms with E-state index in [2.05, 4.69) is 5.32 Å². The number of halogens is 1. The molecule has 0 bridgehead atoms. The third-order valence-corrected chi connectivity index (χ3v) is 3.09. The number of aryl methyl sites for hydroxylation is 1. The van der Waals surface area contributed by atoms with Crippen molar-refractivity contribution in [3.8, 4) is 5.75 Å². The SMILES string of the molecule is COc1cc(Cl)c(C)cc1NC(=O)/C=C/c1ccco1. The molecule has 0 aliphatic carbocycles. The lowest BCUT2D eigenvalue weighted by Gasteiger charge is -2.11. The van der Waals surface area contributed by atoms with Crippen LogP contribution in [0.3, 0.4) is 0 Å². The van der Waals surface area contributed by atoms with Crippen LogP contribution in [0.2, 0.25) is 5.02 Å². The number of furan rings is 1. The van der Waals surface area contributed by atoms with Gasteiger partial charge in [-0.25, -0.2) is 0 Å². The lowest BCUT2D eigenvalue weighted by molar-refractivity contribution is -0.111. The first kappa shape index (κ1) is 14.2. The van der Waals surface area contributed by atoms with Gasteiger partial charge in [0, 0.05) is 17.2 Å². The highest BCUT2D eigenvalue weighted by Gasteiger charge is 2.08. The molecule has 4 nitrogen and oxygen atoms in total. The molecule has 0 unspecified atom stereocenters. The molecule has 0 fully saturated rings. The van der Waals surface area contributed by atoms with Crippen LogP contribution in [0.25, 0.3) is 6.08 Å². The van der Waals surface area contributed by atoms with Crippen LogP contribution in [0.1, 0.15) is 11.3 Å². The lowest BCUT2D eigenvalue weighted by atomic mass is 10.2. The van der Waals surface area contributed by atoms with Crippen molar-refractivity contribution >= 4 is 29.3 Å². The van der Waals surface area contributed by atoms with Crippen molar-refractivity contribution in [2.75, 3.05) is 12.4 Å². The topological polar surface area (TPSA) is 51.5 Å². The van der Waals surface area contributed by atoms with Gasteiger partial charge in [0.1, 0.15) is 11.5 Å². The fourth-order valence-electron chi connectivity index (χ4n) is 1.65. The van der Waals surface area contributed by atoms with Crippen molar-refractivity contribution in [1.82, 2.24) is 0 Å². The molecular weight excluding hydrogens is 278 g/mol. The van der Waals surface area contributed by atoms with Gasteiger partial charge < -0.3 is 14.5 Å². The van der Waals surface area contributed by atoms with Crippen LogP contribution >= 0.6 is 11.6 Å². The van der Waals surface area contributed by atoms with Gasteiger partial charge in [0.2, 0.25) is 5.91 Å². The maximum Gasteiger partial charge on any atom is 0.248 e. The maximum absolute atomic E-state index is 11.8. The maximum atomic E-state index is 11.8. The number of carbonyl (C=O) groups excluding carboxylic acids is 1. The molecule has 0 saturated heterocycles. The predicted octanol–water partition coefficient (Wildman–Crippen LogP) is 3.90. The van der Waals surface area contributed by atoms with E-state index in [0.717, 1.165) is 5.56 Å². The minimum absolute atomic E-state index is 0.276. The molecule has 0 saturated carbocycles. The van der Waals surface area contributed by atoms with Crippen molar-refractivity contribution in [2.24, 2.45) is 0 Å². The Balaban J connectivity index is 2.13. The molecule has 1 aromatic heterocycles. The van der Waals surface area contributed by atoms with E-state index in [-0.39, 0.29) is 5.91 Å². The van der Waals surface area contributed by atoms with Crippen LogP contribution in [0.5, 0.6) is 5.75 Å². The van der Waals surface area contributed by atoms with Crippen molar-refractivity contribution < 1.29 is 13.9 Å². The zero-order chi connectivity index (χ0) is 14.5. The van der Waals surface area contributed by atoms with E-state index >= 15 is 0 Å². The minimum atomic E-state index is -0.276. The van der Waals surface area contributed by atoms with E-state index in [1.807, 2.05) is 6.92 Å². The number of carbonyl (C=O) groups is 1. The first-order valence-electron chi connectivity index (χ1n) is 5.97. The van der Waals surface area contributed by atoms with Crippen LogP contribution in [-0.4, -0.2) is 13.0 Å². The summed E-state index contributed by atoms with van der Waals surface area (Å²) < 4.78 is 10.3. The van der Waals surface area contributed by atoms with Crippen molar-refractivity contribution in [2.45, 2.75) is 6.92 Å². The summed E-state index contributed by atoms with van der Waals surface area (Å²) in [5.74, 6) is 0.848. The molecule has 0 aliphatic rings. The summed E-state index contributed by atoms with van der Waals surface area (Å²) in [6.45, 7) is 1.86. The number of hydrogen-bond acceptors (Lipinski definition) is 3. The Hall–Kier alpha value is -2.20. The summed E-state index contributed by atoms with van der Waals surface area (Å²) in [7, 11) is 1.52. The molecule has 104 valence electrons. The second kappa shape index (κ2) is 6.30. The molecule has 0 atom stereocenters. The Morgan fingerprint density at radius 1 is 1.45 bits per heavy atom. The summed E-state index contributed by atoms with van der Waals surface area (Å²) >= 11 is 6.01.